The van der Waals surface area contributed by atoms with Crippen LogP contribution in [0.5, 0.6) is 0 Å². The smallest absolute Gasteiger partial charge is 0.216 e. The maximum Gasteiger partial charge on any atom is 0.216 e. The van der Waals surface area contributed by atoms with E-state index in [2.05, 4.69) is 27.1 Å². The Labute approximate surface area is 295 Å². The van der Waals surface area contributed by atoms with Gasteiger partial charge in [-0.1, -0.05) is 79.7 Å². The van der Waals surface area contributed by atoms with Crippen molar-refractivity contribution in [2.24, 2.45) is 5.41 Å². The van der Waals surface area contributed by atoms with Gasteiger partial charge in [0, 0.05) is 53.2 Å². The van der Waals surface area contributed by atoms with Gasteiger partial charge in [-0.2, -0.15) is 0 Å². The molecule has 0 unspecified atom stereocenters. The molecule has 0 N–H and O–H groups in total. The molecule has 3 aromatic carbocycles. The number of aryl methyl sites for hydroxylation is 3. The van der Waals surface area contributed by atoms with Crippen molar-refractivity contribution in [2.45, 2.75) is 46.8 Å². The van der Waals surface area contributed by atoms with Crippen molar-refractivity contribution in [3.05, 3.63) is 150 Å². The molecule has 0 fully saturated rings. The van der Waals surface area contributed by atoms with E-state index in [9.17, 15) is 0 Å². The van der Waals surface area contributed by atoms with Crippen LogP contribution in [0.4, 0.5) is 0 Å². The fourth-order valence-corrected chi connectivity index (χ4v) is 4.91. The van der Waals surface area contributed by atoms with Gasteiger partial charge in [-0.05, 0) is 78.2 Å². The Morgan fingerprint density at radius 2 is 1.57 bits per heavy atom. The van der Waals surface area contributed by atoms with Gasteiger partial charge in [-0.3, -0.25) is 0 Å². The molecular formula is C41H37IrN3O-2. The maximum atomic E-state index is 8.84. The average molecular weight is 787 g/mol. The Balaban J connectivity index is 0.000000352. The molecule has 4 heterocycles. The van der Waals surface area contributed by atoms with Crippen LogP contribution in [-0.2, 0) is 39.3 Å². The summed E-state index contributed by atoms with van der Waals surface area (Å²) in [5, 5.41) is 1.41. The number of furan rings is 1. The maximum absolute atomic E-state index is 8.84. The molecule has 0 aliphatic heterocycles. The molecule has 0 saturated carbocycles. The summed E-state index contributed by atoms with van der Waals surface area (Å²) in [6.45, 7) is 3.21. The van der Waals surface area contributed by atoms with E-state index >= 15 is 0 Å². The van der Waals surface area contributed by atoms with Crippen LogP contribution in [0.3, 0.4) is 0 Å². The van der Waals surface area contributed by atoms with Gasteiger partial charge in [0.15, 0.2) is 0 Å². The van der Waals surface area contributed by atoms with Crippen LogP contribution < -0.4 is 0 Å². The van der Waals surface area contributed by atoms with Gasteiger partial charge in [0.25, 0.3) is 0 Å². The van der Waals surface area contributed by atoms with Gasteiger partial charge in [0.1, 0.15) is 0 Å². The Bertz CT molecular complexity index is 2270. The van der Waals surface area contributed by atoms with E-state index in [4.69, 9.17) is 14.0 Å². The molecule has 5 heteroatoms. The second kappa shape index (κ2) is 14.8. The molecular weight excluding hydrogens is 743 g/mol. The van der Waals surface area contributed by atoms with Gasteiger partial charge < -0.3 is 14.4 Å². The van der Waals surface area contributed by atoms with Gasteiger partial charge in [0.05, 0.1) is 5.58 Å². The van der Waals surface area contributed by atoms with Crippen molar-refractivity contribution in [1.29, 1.82) is 0 Å². The fraction of sp³-hybridized carbons (Fsp3) is 0.195. The van der Waals surface area contributed by atoms with Crippen LogP contribution in [0, 0.1) is 24.4 Å². The van der Waals surface area contributed by atoms with E-state index in [1.165, 1.54) is 6.07 Å². The molecule has 0 atom stereocenters. The molecule has 4 aromatic heterocycles. The van der Waals surface area contributed by atoms with E-state index in [1.54, 1.807) is 60.9 Å². The summed E-state index contributed by atoms with van der Waals surface area (Å²) in [4.78, 5) is 12.9. The minimum Gasteiger partial charge on any atom is -0.486 e. The van der Waals surface area contributed by atoms with Crippen LogP contribution >= 0.6 is 0 Å². The SMILES string of the molecule is [2H]C([2H])([2H])c1ccc2c(n1)oc1c(-c3cc(C([2H])([2H])Cc4ccc(C([2H])([2H])C(C)(C)C)cc4)ccn3)[c-]ccc12.[Ir].[c-]1ccccc1-c1ccccn1. The van der Waals surface area contributed by atoms with Crippen molar-refractivity contribution in [3.63, 3.8) is 0 Å². The Morgan fingerprint density at radius 1 is 0.761 bits per heavy atom. The molecule has 0 bridgehead atoms. The molecule has 0 aliphatic rings. The molecule has 0 spiro atoms. The summed E-state index contributed by atoms with van der Waals surface area (Å²) in [6, 6.07) is 37.0. The minimum absolute atomic E-state index is 0. The molecule has 0 amide bonds. The topological polar surface area (TPSA) is 51.8 Å². The van der Waals surface area contributed by atoms with E-state index in [0.717, 1.165) is 22.2 Å². The molecule has 0 saturated heterocycles. The average Bonchev–Trinajstić information content (AvgIpc) is 3.50. The number of rotatable bonds is 6. The summed E-state index contributed by atoms with van der Waals surface area (Å²) in [6.07, 6.45) is 0.165. The molecule has 0 aliphatic carbocycles. The van der Waals surface area contributed by atoms with Gasteiger partial charge in [-0.25, -0.2) is 4.98 Å². The van der Waals surface area contributed by atoms with Crippen LogP contribution in [0.25, 0.3) is 44.6 Å². The monoisotopic (exact) mass is 787 g/mol. The van der Waals surface area contributed by atoms with Gasteiger partial charge in [-0.15, -0.1) is 54.1 Å². The Morgan fingerprint density at radius 3 is 2.30 bits per heavy atom. The summed E-state index contributed by atoms with van der Waals surface area (Å²) in [5.41, 5.74) is 4.76. The third-order valence-electron chi connectivity index (χ3n) is 6.93. The van der Waals surface area contributed by atoms with Crippen molar-refractivity contribution >= 4 is 22.1 Å². The summed E-state index contributed by atoms with van der Waals surface area (Å²) < 4.78 is 63.6. The minimum atomic E-state index is -2.36. The Hall–Kier alpha value is -4.44. The molecule has 233 valence electrons. The number of hydrogen-bond acceptors (Lipinski definition) is 4. The second-order valence-corrected chi connectivity index (χ2v) is 11.6. The first-order valence-corrected chi connectivity index (χ1v) is 14.7. The van der Waals surface area contributed by atoms with E-state index in [1.807, 2.05) is 69.3 Å². The normalized spacial score (nSPS) is 14.3. The van der Waals surface area contributed by atoms with Gasteiger partial charge >= 0.3 is 0 Å². The van der Waals surface area contributed by atoms with Crippen LogP contribution in [0.2, 0.25) is 0 Å². The predicted octanol–water partition coefficient (Wildman–Crippen LogP) is 10.1. The summed E-state index contributed by atoms with van der Waals surface area (Å²) >= 11 is 0. The fourth-order valence-electron chi connectivity index (χ4n) is 4.91. The number of benzene rings is 3. The van der Waals surface area contributed by atoms with Crippen molar-refractivity contribution in [1.82, 2.24) is 15.0 Å². The zero-order valence-electron chi connectivity index (χ0n) is 32.8. The van der Waals surface area contributed by atoms with E-state index in [-0.39, 0.29) is 37.9 Å². The molecule has 7 rings (SSSR count). The quantitative estimate of drug-likeness (QED) is 0.158. The van der Waals surface area contributed by atoms with Gasteiger partial charge in [0.2, 0.25) is 5.71 Å². The third kappa shape index (κ3) is 8.23. The van der Waals surface area contributed by atoms with E-state index < -0.39 is 25.0 Å². The van der Waals surface area contributed by atoms with Crippen LogP contribution in [0.15, 0.2) is 120 Å². The number of hydrogen-bond donors (Lipinski definition) is 0. The third-order valence-corrected chi connectivity index (χ3v) is 6.93. The zero-order valence-corrected chi connectivity index (χ0v) is 28.2. The standard InChI is InChI=1S/C30H29N2O.C11H8N.Ir/c1-20-8-15-25-24-6-5-7-26(28(24)33-29(25)32-20)27-18-22(16-17-31-27)12-9-21-10-13-23(14-11-21)19-30(2,3)4;1-2-6-10(7-3-1)11-8-4-5-9-12-11;/h5-6,8,10-11,13-18H,9,12,19H2,1-4H3;1-6,8-9H;/q2*-1;/i1D3,12D2,19D2;;. The van der Waals surface area contributed by atoms with E-state index in [0.29, 0.717) is 33.4 Å². The number of nitrogens with zero attached hydrogens (tertiary/aromatic N) is 3. The summed E-state index contributed by atoms with van der Waals surface area (Å²) in [7, 11) is 0. The molecule has 46 heavy (non-hydrogen) atoms. The second-order valence-electron chi connectivity index (χ2n) is 11.6. The van der Waals surface area contributed by atoms with Crippen LogP contribution in [0.1, 0.15) is 52.8 Å². The first-order valence-electron chi connectivity index (χ1n) is 18.2. The van der Waals surface area contributed by atoms with Crippen molar-refractivity contribution < 1.29 is 34.1 Å². The number of fused-ring (bicyclic) bond motifs is 3. The first kappa shape index (κ1) is 24.7. The molecule has 1 radical (unpaired) electrons. The molecule has 4 nitrogen and oxygen atoms in total. The predicted molar refractivity (Wildman–Crippen MR) is 184 cm³/mol. The van der Waals surface area contributed by atoms with Crippen LogP contribution in [-0.4, -0.2) is 15.0 Å². The van der Waals surface area contributed by atoms with Crippen molar-refractivity contribution in [3.8, 4) is 22.5 Å². The summed E-state index contributed by atoms with van der Waals surface area (Å²) in [5.74, 6) is 0. The van der Waals surface area contributed by atoms with Crippen molar-refractivity contribution in [2.75, 3.05) is 0 Å². The largest absolute Gasteiger partial charge is 0.486 e. The first-order chi connectivity index (χ1) is 24.5. The Kier molecular flexibility index (Phi) is 7.95. The zero-order chi connectivity index (χ0) is 37.3. The molecule has 7 aromatic rings. The number of aromatic nitrogens is 3. The number of pyridine rings is 3.